The lowest BCUT2D eigenvalue weighted by molar-refractivity contribution is -0.147. The average Bonchev–Trinajstić information content (AvgIpc) is 2.69. The average molecular weight is 411 g/mol. The zero-order valence-corrected chi connectivity index (χ0v) is 17.2. The van der Waals surface area contributed by atoms with Crippen LogP contribution in [-0.2, 0) is 30.3 Å². The molecule has 0 radical (unpaired) electrons. The van der Waals surface area contributed by atoms with Crippen molar-refractivity contribution in [3.8, 4) is 0 Å². The summed E-state index contributed by atoms with van der Waals surface area (Å²) in [6, 6.07) is 12.3. The van der Waals surface area contributed by atoms with E-state index in [0.29, 0.717) is 16.9 Å². The Bertz CT molecular complexity index is 938. The molecule has 30 heavy (non-hydrogen) atoms. The van der Waals surface area contributed by atoms with Crippen LogP contribution in [0.2, 0.25) is 0 Å². The molecule has 0 heterocycles. The number of esters is 1. The van der Waals surface area contributed by atoms with Crippen molar-refractivity contribution in [3.63, 3.8) is 0 Å². The first-order valence-electron chi connectivity index (χ1n) is 9.39. The molecule has 0 aliphatic rings. The third-order valence-corrected chi connectivity index (χ3v) is 4.31. The molecule has 0 aliphatic heterocycles. The molecular weight excluding hydrogens is 386 g/mol. The highest BCUT2D eigenvalue weighted by Crippen LogP contribution is 2.17. The Labute approximate surface area is 175 Å². The highest BCUT2D eigenvalue weighted by molar-refractivity contribution is 5.95. The van der Waals surface area contributed by atoms with Gasteiger partial charge in [0.25, 0.3) is 5.91 Å². The topological polar surface area (TPSA) is 114 Å². The minimum Gasteiger partial charge on any atom is -0.455 e. The van der Waals surface area contributed by atoms with Crippen molar-refractivity contribution in [2.45, 2.75) is 27.2 Å². The lowest BCUT2D eigenvalue weighted by atomic mass is 10.1. The lowest BCUT2D eigenvalue weighted by Gasteiger charge is -2.11. The fourth-order valence-corrected chi connectivity index (χ4v) is 2.58. The van der Waals surface area contributed by atoms with Crippen LogP contribution < -0.4 is 16.0 Å². The number of carbonyl (C=O) groups is 4. The van der Waals surface area contributed by atoms with Gasteiger partial charge in [-0.2, -0.15) is 0 Å². The van der Waals surface area contributed by atoms with Crippen LogP contribution in [-0.4, -0.2) is 36.8 Å². The number of rotatable bonds is 8. The molecule has 158 valence electrons. The smallest absolute Gasteiger partial charge is 0.310 e. The maximum absolute atomic E-state index is 12.0. The zero-order valence-electron chi connectivity index (χ0n) is 17.2. The van der Waals surface area contributed by atoms with Gasteiger partial charge in [0.05, 0.1) is 13.0 Å². The summed E-state index contributed by atoms with van der Waals surface area (Å²) in [7, 11) is 0. The second-order valence-corrected chi connectivity index (χ2v) is 6.79. The Balaban J connectivity index is 1.71. The number of hydrogen-bond donors (Lipinski definition) is 3. The van der Waals surface area contributed by atoms with E-state index < -0.39 is 18.5 Å². The first kappa shape index (κ1) is 22.6. The zero-order chi connectivity index (χ0) is 22.1. The molecular formula is C22H25N3O5. The van der Waals surface area contributed by atoms with Gasteiger partial charge in [-0.05, 0) is 48.7 Å². The summed E-state index contributed by atoms with van der Waals surface area (Å²) in [5, 5.41) is 7.77. The molecule has 0 spiro atoms. The van der Waals surface area contributed by atoms with E-state index in [1.165, 1.54) is 6.92 Å². The third kappa shape index (κ3) is 7.38. The Morgan fingerprint density at radius 3 is 2.27 bits per heavy atom. The van der Waals surface area contributed by atoms with E-state index in [1.54, 1.807) is 30.3 Å². The molecule has 0 aliphatic carbocycles. The maximum atomic E-state index is 12.0. The number of carbonyl (C=O) groups excluding carboxylic acids is 4. The second-order valence-electron chi connectivity index (χ2n) is 6.79. The first-order valence-corrected chi connectivity index (χ1v) is 9.39. The Morgan fingerprint density at radius 1 is 0.900 bits per heavy atom. The van der Waals surface area contributed by atoms with Gasteiger partial charge in [-0.3, -0.25) is 19.2 Å². The first-order chi connectivity index (χ1) is 14.2. The molecule has 0 bridgehead atoms. The molecule has 0 saturated heterocycles. The Kier molecular flexibility index (Phi) is 8.10. The molecule has 0 unspecified atom stereocenters. The number of nitrogens with one attached hydrogen (secondary N) is 3. The molecule has 2 rings (SSSR count). The summed E-state index contributed by atoms with van der Waals surface area (Å²) in [4.78, 5) is 46.7. The van der Waals surface area contributed by atoms with Gasteiger partial charge in [0.1, 0.15) is 0 Å². The lowest BCUT2D eigenvalue weighted by Crippen LogP contribution is -2.35. The van der Waals surface area contributed by atoms with Crippen molar-refractivity contribution < 1.29 is 23.9 Å². The predicted molar refractivity (Wildman–Crippen MR) is 113 cm³/mol. The van der Waals surface area contributed by atoms with Crippen molar-refractivity contribution in [2.24, 2.45) is 0 Å². The number of ether oxygens (including phenoxy) is 1. The van der Waals surface area contributed by atoms with Gasteiger partial charge < -0.3 is 20.7 Å². The minimum atomic E-state index is -0.572. The SMILES string of the molecule is CC(=O)Nc1ccc(CC(=O)OCC(=O)NCC(=O)Nc2cccc(C)c2C)cc1. The van der Waals surface area contributed by atoms with Gasteiger partial charge in [-0.1, -0.05) is 24.3 Å². The van der Waals surface area contributed by atoms with Crippen LogP contribution in [0.5, 0.6) is 0 Å². The van der Waals surface area contributed by atoms with Crippen molar-refractivity contribution in [3.05, 3.63) is 59.2 Å². The molecule has 3 amide bonds. The number of anilines is 2. The van der Waals surface area contributed by atoms with Gasteiger partial charge in [-0.25, -0.2) is 0 Å². The van der Waals surface area contributed by atoms with Gasteiger partial charge in [-0.15, -0.1) is 0 Å². The Hall–Kier alpha value is -3.68. The summed E-state index contributed by atoms with van der Waals surface area (Å²) in [5.41, 5.74) is 4.00. The highest BCUT2D eigenvalue weighted by atomic mass is 16.5. The largest absolute Gasteiger partial charge is 0.455 e. The normalized spacial score (nSPS) is 10.1. The summed E-state index contributed by atoms with van der Waals surface area (Å²) >= 11 is 0. The van der Waals surface area contributed by atoms with Crippen LogP contribution in [0.15, 0.2) is 42.5 Å². The predicted octanol–water partition coefficient (Wildman–Crippen LogP) is 2.10. The fraction of sp³-hybridized carbons (Fsp3) is 0.273. The molecule has 0 fully saturated rings. The summed E-state index contributed by atoms with van der Waals surface area (Å²) in [5.74, 6) is -1.70. The summed E-state index contributed by atoms with van der Waals surface area (Å²) in [6.45, 7) is 4.55. The monoisotopic (exact) mass is 411 g/mol. The number of benzene rings is 2. The van der Waals surface area contributed by atoms with Gasteiger partial charge in [0, 0.05) is 18.3 Å². The van der Waals surface area contributed by atoms with Gasteiger partial charge >= 0.3 is 5.97 Å². The third-order valence-electron chi connectivity index (χ3n) is 4.31. The molecule has 3 N–H and O–H groups in total. The quantitative estimate of drug-likeness (QED) is 0.576. The van der Waals surface area contributed by atoms with Crippen molar-refractivity contribution in [2.75, 3.05) is 23.8 Å². The molecule has 0 aromatic heterocycles. The van der Waals surface area contributed by atoms with Crippen molar-refractivity contribution >= 4 is 35.1 Å². The molecule has 8 nitrogen and oxygen atoms in total. The van der Waals surface area contributed by atoms with Crippen LogP contribution in [0.1, 0.15) is 23.6 Å². The standard InChI is InChI=1S/C22H25N3O5/c1-14-5-4-6-19(15(14)2)25-20(27)12-23-21(28)13-30-22(29)11-17-7-9-18(10-8-17)24-16(3)26/h4-10H,11-13H2,1-3H3,(H,23,28)(H,24,26)(H,25,27). The fourth-order valence-electron chi connectivity index (χ4n) is 2.58. The Morgan fingerprint density at radius 2 is 1.60 bits per heavy atom. The van der Waals surface area contributed by atoms with Gasteiger partial charge in [0.2, 0.25) is 11.8 Å². The maximum Gasteiger partial charge on any atom is 0.310 e. The van der Waals surface area contributed by atoms with E-state index in [2.05, 4.69) is 16.0 Å². The van der Waals surface area contributed by atoms with Crippen LogP contribution in [0, 0.1) is 13.8 Å². The molecule has 8 heteroatoms. The van der Waals surface area contributed by atoms with Crippen LogP contribution in [0.3, 0.4) is 0 Å². The van der Waals surface area contributed by atoms with E-state index in [4.69, 9.17) is 4.74 Å². The molecule has 2 aromatic carbocycles. The van der Waals surface area contributed by atoms with E-state index >= 15 is 0 Å². The number of hydrogen-bond acceptors (Lipinski definition) is 5. The van der Waals surface area contributed by atoms with Crippen molar-refractivity contribution in [1.82, 2.24) is 5.32 Å². The molecule has 2 aromatic rings. The minimum absolute atomic E-state index is 0.0131. The summed E-state index contributed by atoms with van der Waals surface area (Å²) < 4.78 is 4.94. The van der Waals surface area contributed by atoms with Crippen LogP contribution >= 0.6 is 0 Å². The van der Waals surface area contributed by atoms with Crippen LogP contribution in [0.25, 0.3) is 0 Å². The second kappa shape index (κ2) is 10.8. The van der Waals surface area contributed by atoms with E-state index in [0.717, 1.165) is 11.1 Å². The number of aryl methyl sites for hydroxylation is 1. The molecule has 0 atom stereocenters. The van der Waals surface area contributed by atoms with Crippen molar-refractivity contribution in [1.29, 1.82) is 0 Å². The molecule has 0 saturated carbocycles. The highest BCUT2D eigenvalue weighted by Gasteiger charge is 2.11. The summed E-state index contributed by atoms with van der Waals surface area (Å²) in [6.07, 6.45) is -0.0131. The number of amides is 3. The van der Waals surface area contributed by atoms with Crippen LogP contribution in [0.4, 0.5) is 11.4 Å². The van der Waals surface area contributed by atoms with E-state index in [1.807, 2.05) is 26.0 Å². The van der Waals surface area contributed by atoms with E-state index in [9.17, 15) is 19.2 Å². The van der Waals surface area contributed by atoms with E-state index in [-0.39, 0.29) is 24.8 Å². The van der Waals surface area contributed by atoms with Gasteiger partial charge in [0.15, 0.2) is 6.61 Å².